The van der Waals surface area contributed by atoms with Crippen LogP contribution in [0.15, 0.2) is 54.6 Å². The van der Waals surface area contributed by atoms with E-state index in [9.17, 15) is 22.8 Å². The van der Waals surface area contributed by atoms with Crippen molar-refractivity contribution in [3.05, 3.63) is 65.7 Å². The first-order chi connectivity index (χ1) is 13.6. The van der Waals surface area contributed by atoms with E-state index in [1.54, 1.807) is 0 Å². The third-order valence-electron chi connectivity index (χ3n) is 4.07. The summed E-state index contributed by atoms with van der Waals surface area (Å²) in [5.74, 6) is -1.72. The fourth-order valence-corrected chi connectivity index (χ4v) is 2.54. The van der Waals surface area contributed by atoms with Crippen LogP contribution in [0.2, 0.25) is 0 Å². The molecule has 0 saturated carbocycles. The molecule has 29 heavy (non-hydrogen) atoms. The molecule has 0 bridgehead atoms. The van der Waals surface area contributed by atoms with E-state index >= 15 is 0 Å². The highest BCUT2D eigenvalue weighted by molar-refractivity contribution is 5.92. The maximum absolute atomic E-state index is 12.2. The van der Waals surface area contributed by atoms with Crippen molar-refractivity contribution in [1.82, 2.24) is 5.32 Å². The van der Waals surface area contributed by atoms with Gasteiger partial charge in [-0.1, -0.05) is 30.3 Å². The molecule has 0 aromatic heterocycles. The molecule has 156 valence electrons. The average Bonchev–Trinajstić information content (AvgIpc) is 2.66. The van der Waals surface area contributed by atoms with Crippen LogP contribution in [0.3, 0.4) is 0 Å². The van der Waals surface area contributed by atoms with Crippen LogP contribution >= 0.6 is 0 Å². The Kier molecular flexibility index (Phi) is 7.64. The molecule has 5 nitrogen and oxygen atoms in total. The van der Waals surface area contributed by atoms with Gasteiger partial charge in [-0.05, 0) is 56.5 Å². The standard InChI is InChI=1S/C21H22F3NO4/c1-14(8-9-16-6-4-3-5-7-16)25-19(26)15(2)28-20(27)17-10-12-18(13-11-17)29-21(22,23)24/h3-7,10-15H,8-9H2,1-2H3,(H,25,26)/t14-,15-/m0/s1. The highest BCUT2D eigenvalue weighted by atomic mass is 19.4. The Labute approximate surface area is 166 Å². The number of hydrogen-bond acceptors (Lipinski definition) is 4. The van der Waals surface area contributed by atoms with E-state index in [1.165, 1.54) is 6.92 Å². The molecule has 1 amide bonds. The van der Waals surface area contributed by atoms with Crippen molar-refractivity contribution in [2.24, 2.45) is 0 Å². The van der Waals surface area contributed by atoms with Gasteiger partial charge in [-0.15, -0.1) is 13.2 Å². The highest BCUT2D eigenvalue weighted by Crippen LogP contribution is 2.23. The molecule has 1 N–H and O–H groups in total. The predicted octanol–water partition coefficient (Wildman–Crippen LogP) is 4.27. The minimum atomic E-state index is -4.81. The number of carbonyl (C=O) groups excluding carboxylic acids is 2. The van der Waals surface area contributed by atoms with Gasteiger partial charge in [0.15, 0.2) is 6.10 Å². The SMILES string of the molecule is C[C@H](OC(=O)c1ccc(OC(F)(F)F)cc1)C(=O)N[C@@H](C)CCc1ccccc1. The van der Waals surface area contributed by atoms with Crippen LogP contribution in [-0.2, 0) is 16.0 Å². The Morgan fingerprint density at radius 1 is 1.00 bits per heavy atom. The second kappa shape index (κ2) is 9.95. The molecule has 0 aliphatic rings. The van der Waals surface area contributed by atoms with Crippen LogP contribution in [0, 0.1) is 0 Å². The van der Waals surface area contributed by atoms with Crippen LogP contribution in [0.1, 0.15) is 36.2 Å². The van der Waals surface area contributed by atoms with Gasteiger partial charge in [-0.2, -0.15) is 0 Å². The van der Waals surface area contributed by atoms with Crippen molar-refractivity contribution >= 4 is 11.9 Å². The molecule has 8 heteroatoms. The van der Waals surface area contributed by atoms with Crippen LogP contribution in [-0.4, -0.2) is 30.4 Å². The molecule has 0 fully saturated rings. The molecule has 0 radical (unpaired) electrons. The van der Waals surface area contributed by atoms with E-state index in [4.69, 9.17) is 4.74 Å². The lowest BCUT2D eigenvalue weighted by Crippen LogP contribution is -2.41. The van der Waals surface area contributed by atoms with Gasteiger partial charge in [0, 0.05) is 6.04 Å². The summed E-state index contributed by atoms with van der Waals surface area (Å²) >= 11 is 0. The van der Waals surface area contributed by atoms with E-state index in [-0.39, 0.29) is 11.6 Å². The number of ether oxygens (including phenoxy) is 2. The van der Waals surface area contributed by atoms with Gasteiger partial charge in [0.25, 0.3) is 5.91 Å². The Morgan fingerprint density at radius 3 is 2.21 bits per heavy atom. The zero-order valence-electron chi connectivity index (χ0n) is 16.0. The summed E-state index contributed by atoms with van der Waals surface area (Å²) in [6.07, 6.45) is -4.35. The van der Waals surface area contributed by atoms with Gasteiger partial charge in [-0.3, -0.25) is 4.79 Å². The fraction of sp³-hybridized carbons (Fsp3) is 0.333. The number of nitrogens with one attached hydrogen (secondary N) is 1. The van der Waals surface area contributed by atoms with Crippen molar-refractivity contribution < 1.29 is 32.2 Å². The third kappa shape index (κ3) is 7.85. The summed E-state index contributed by atoms with van der Waals surface area (Å²) in [6.45, 7) is 3.28. The summed E-state index contributed by atoms with van der Waals surface area (Å²) in [7, 11) is 0. The Morgan fingerprint density at radius 2 is 1.62 bits per heavy atom. The zero-order valence-corrected chi connectivity index (χ0v) is 16.0. The first-order valence-electron chi connectivity index (χ1n) is 9.05. The first-order valence-corrected chi connectivity index (χ1v) is 9.05. The quantitative estimate of drug-likeness (QED) is 0.662. The molecule has 0 aliphatic carbocycles. The molecule has 2 rings (SSSR count). The molecule has 2 aromatic rings. The fourth-order valence-electron chi connectivity index (χ4n) is 2.54. The molecule has 0 saturated heterocycles. The summed E-state index contributed by atoms with van der Waals surface area (Å²) < 4.78 is 45.3. The number of aryl methyl sites for hydroxylation is 1. The van der Waals surface area contributed by atoms with E-state index in [0.717, 1.165) is 42.7 Å². The minimum absolute atomic E-state index is 0.0105. The van der Waals surface area contributed by atoms with Gasteiger partial charge in [-0.25, -0.2) is 4.79 Å². The van der Waals surface area contributed by atoms with Crippen molar-refractivity contribution in [3.63, 3.8) is 0 Å². The van der Waals surface area contributed by atoms with Crippen molar-refractivity contribution in [3.8, 4) is 5.75 Å². The number of esters is 1. The second-order valence-corrected chi connectivity index (χ2v) is 6.55. The average molecular weight is 409 g/mol. The van der Waals surface area contributed by atoms with Gasteiger partial charge < -0.3 is 14.8 Å². The predicted molar refractivity (Wildman–Crippen MR) is 100 cm³/mol. The Balaban J connectivity index is 1.81. The minimum Gasteiger partial charge on any atom is -0.449 e. The summed E-state index contributed by atoms with van der Waals surface area (Å²) in [5.41, 5.74) is 1.17. The normalized spacial score (nSPS) is 13.3. The van der Waals surface area contributed by atoms with E-state index in [1.807, 2.05) is 37.3 Å². The van der Waals surface area contributed by atoms with Crippen LogP contribution in [0.5, 0.6) is 5.75 Å². The van der Waals surface area contributed by atoms with Crippen LogP contribution in [0.4, 0.5) is 13.2 Å². The van der Waals surface area contributed by atoms with E-state index in [2.05, 4.69) is 10.1 Å². The number of amides is 1. The summed E-state index contributed by atoms with van der Waals surface area (Å²) in [5, 5.41) is 2.78. The molecule has 0 unspecified atom stereocenters. The van der Waals surface area contributed by atoms with Gasteiger partial charge in [0.1, 0.15) is 5.75 Å². The molecule has 2 atom stereocenters. The number of benzene rings is 2. The maximum atomic E-state index is 12.2. The Hall–Kier alpha value is -3.03. The van der Waals surface area contributed by atoms with Crippen molar-refractivity contribution in [2.45, 2.75) is 45.2 Å². The Bertz CT molecular complexity index is 807. The monoisotopic (exact) mass is 409 g/mol. The lowest BCUT2D eigenvalue weighted by molar-refractivity contribution is -0.274. The third-order valence-corrected chi connectivity index (χ3v) is 4.07. The van der Waals surface area contributed by atoms with Crippen LogP contribution < -0.4 is 10.1 Å². The molecule has 0 spiro atoms. The van der Waals surface area contributed by atoms with Crippen molar-refractivity contribution in [2.75, 3.05) is 0 Å². The molecule has 0 heterocycles. The zero-order chi connectivity index (χ0) is 21.4. The molecule has 0 aliphatic heterocycles. The first kappa shape index (κ1) is 22.3. The van der Waals surface area contributed by atoms with Gasteiger partial charge in [0.2, 0.25) is 0 Å². The topological polar surface area (TPSA) is 64.6 Å². The number of rotatable bonds is 8. The molecule has 2 aromatic carbocycles. The summed E-state index contributed by atoms with van der Waals surface area (Å²) in [4.78, 5) is 24.3. The number of carbonyl (C=O) groups is 2. The lowest BCUT2D eigenvalue weighted by Gasteiger charge is -2.18. The summed E-state index contributed by atoms with van der Waals surface area (Å²) in [6, 6.07) is 14.0. The van der Waals surface area contributed by atoms with Crippen LogP contribution in [0.25, 0.3) is 0 Å². The van der Waals surface area contributed by atoms with Gasteiger partial charge >= 0.3 is 12.3 Å². The maximum Gasteiger partial charge on any atom is 0.573 e. The lowest BCUT2D eigenvalue weighted by atomic mass is 10.1. The van der Waals surface area contributed by atoms with E-state index < -0.39 is 30.1 Å². The smallest absolute Gasteiger partial charge is 0.449 e. The number of alkyl halides is 3. The van der Waals surface area contributed by atoms with Crippen molar-refractivity contribution in [1.29, 1.82) is 0 Å². The molecular formula is C21H22F3NO4. The number of halogens is 3. The number of hydrogen-bond donors (Lipinski definition) is 1. The second-order valence-electron chi connectivity index (χ2n) is 6.55. The largest absolute Gasteiger partial charge is 0.573 e. The highest BCUT2D eigenvalue weighted by Gasteiger charge is 2.31. The van der Waals surface area contributed by atoms with E-state index in [0.29, 0.717) is 0 Å². The van der Waals surface area contributed by atoms with Gasteiger partial charge in [0.05, 0.1) is 5.56 Å². The molecular weight excluding hydrogens is 387 g/mol.